The third-order valence-corrected chi connectivity index (χ3v) is 4.84. The first-order chi connectivity index (χ1) is 14.7. The summed E-state index contributed by atoms with van der Waals surface area (Å²) in [7, 11) is 1.33. The summed E-state index contributed by atoms with van der Waals surface area (Å²) in [6, 6.07) is 21.5. The van der Waals surface area contributed by atoms with Gasteiger partial charge in [0.2, 0.25) is 0 Å². The molecule has 1 amide bonds. The number of carbonyl (C=O) groups is 2. The average Bonchev–Trinajstić information content (AvgIpc) is 3.33. The Balaban J connectivity index is 1.73. The van der Waals surface area contributed by atoms with Crippen LogP contribution in [0.3, 0.4) is 0 Å². The lowest BCUT2D eigenvalue weighted by atomic mass is 10.0. The highest BCUT2D eigenvalue weighted by molar-refractivity contribution is 6.07. The second-order valence-electron chi connectivity index (χ2n) is 6.77. The molecular weight excluding hydrogens is 380 g/mol. The summed E-state index contributed by atoms with van der Waals surface area (Å²) in [4.78, 5) is 29.9. The maximum atomic E-state index is 13.3. The van der Waals surface area contributed by atoms with Gasteiger partial charge in [0, 0.05) is 5.39 Å². The van der Waals surface area contributed by atoms with Gasteiger partial charge < -0.3 is 14.5 Å². The smallest absolute Gasteiger partial charge is 0.307 e. The van der Waals surface area contributed by atoms with Crippen molar-refractivity contribution >= 4 is 22.8 Å². The molecule has 0 saturated carbocycles. The third-order valence-electron chi connectivity index (χ3n) is 4.84. The van der Waals surface area contributed by atoms with Crippen molar-refractivity contribution < 1.29 is 18.7 Å². The van der Waals surface area contributed by atoms with Crippen LogP contribution in [0.2, 0.25) is 0 Å². The van der Waals surface area contributed by atoms with Gasteiger partial charge in [-0.15, -0.1) is 0 Å². The summed E-state index contributed by atoms with van der Waals surface area (Å²) in [5, 5.41) is 3.70. The highest BCUT2D eigenvalue weighted by Crippen LogP contribution is 2.26. The van der Waals surface area contributed by atoms with Crippen molar-refractivity contribution in [3.05, 3.63) is 90.2 Å². The maximum Gasteiger partial charge on any atom is 0.307 e. The second-order valence-corrected chi connectivity index (χ2v) is 6.77. The first-order valence-corrected chi connectivity index (χ1v) is 9.52. The lowest BCUT2D eigenvalue weighted by Crippen LogP contribution is -2.30. The molecule has 1 N–H and O–H groups in total. The van der Waals surface area contributed by atoms with Gasteiger partial charge in [-0.05, 0) is 29.8 Å². The van der Waals surface area contributed by atoms with E-state index >= 15 is 0 Å². The van der Waals surface area contributed by atoms with Gasteiger partial charge in [0.1, 0.15) is 5.69 Å². The van der Waals surface area contributed by atoms with E-state index in [4.69, 9.17) is 9.15 Å². The topological polar surface area (TPSA) is 81.4 Å². The first-order valence-electron chi connectivity index (χ1n) is 9.52. The fraction of sp³-hybridized carbons (Fsp3) is 0.125. The molecule has 4 rings (SSSR count). The van der Waals surface area contributed by atoms with Crippen LogP contribution in [0.25, 0.3) is 22.4 Å². The number of furan rings is 1. The molecule has 1 unspecified atom stereocenters. The number of hydrogen-bond acceptors (Lipinski definition) is 5. The van der Waals surface area contributed by atoms with E-state index in [9.17, 15) is 9.59 Å². The molecular formula is C24H20N2O4. The van der Waals surface area contributed by atoms with Crippen molar-refractivity contribution in [2.24, 2.45) is 0 Å². The van der Waals surface area contributed by atoms with Crippen molar-refractivity contribution in [2.75, 3.05) is 7.11 Å². The lowest BCUT2D eigenvalue weighted by molar-refractivity contribution is -0.141. The monoisotopic (exact) mass is 400 g/mol. The number of amides is 1. The predicted molar refractivity (Wildman–Crippen MR) is 113 cm³/mol. The Morgan fingerprint density at radius 1 is 1.03 bits per heavy atom. The molecule has 2 aromatic heterocycles. The maximum absolute atomic E-state index is 13.3. The summed E-state index contributed by atoms with van der Waals surface area (Å²) < 4.78 is 10.3. The SMILES string of the molecule is COC(=O)CC(NC(=O)c1cc(-c2ccco2)nc2ccccc12)c1ccccc1. The third kappa shape index (κ3) is 4.07. The number of rotatable bonds is 6. The van der Waals surface area contributed by atoms with Crippen LogP contribution in [0, 0.1) is 0 Å². The first kappa shape index (κ1) is 19.4. The number of esters is 1. The van der Waals surface area contributed by atoms with E-state index in [0.29, 0.717) is 22.5 Å². The Kier molecular flexibility index (Phi) is 5.57. The second kappa shape index (κ2) is 8.61. The zero-order valence-corrected chi connectivity index (χ0v) is 16.4. The van der Waals surface area contributed by atoms with Gasteiger partial charge in [0.05, 0.1) is 36.9 Å². The van der Waals surface area contributed by atoms with Gasteiger partial charge in [0.15, 0.2) is 5.76 Å². The van der Waals surface area contributed by atoms with E-state index in [-0.39, 0.29) is 12.3 Å². The zero-order chi connectivity index (χ0) is 20.9. The number of para-hydroxylation sites is 1. The summed E-state index contributed by atoms with van der Waals surface area (Å²) in [6.45, 7) is 0. The van der Waals surface area contributed by atoms with Crippen molar-refractivity contribution in [2.45, 2.75) is 12.5 Å². The van der Waals surface area contributed by atoms with Crippen LogP contribution in [-0.4, -0.2) is 24.0 Å². The van der Waals surface area contributed by atoms with Crippen molar-refractivity contribution in [3.63, 3.8) is 0 Å². The summed E-state index contributed by atoms with van der Waals surface area (Å²) in [5.74, 6) is -0.136. The molecule has 150 valence electrons. The van der Waals surface area contributed by atoms with Gasteiger partial charge in [-0.1, -0.05) is 48.5 Å². The molecule has 0 radical (unpaired) electrons. The largest absolute Gasteiger partial charge is 0.469 e. The van der Waals surface area contributed by atoms with E-state index in [1.807, 2.05) is 54.6 Å². The fourth-order valence-electron chi connectivity index (χ4n) is 3.34. The molecule has 0 spiro atoms. The normalized spacial score (nSPS) is 11.8. The highest BCUT2D eigenvalue weighted by Gasteiger charge is 2.22. The van der Waals surface area contributed by atoms with Crippen LogP contribution in [0.1, 0.15) is 28.4 Å². The van der Waals surface area contributed by atoms with Gasteiger partial charge in [-0.3, -0.25) is 9.59 Å². The molecule has 30 heavy (non-hydrogen) atoms. The number of hydrogen-bond donors (Lipinski definition) is 1. The summed E-state index contributed by atoms with van der Waals surface area (Å²) in [6.07, 6.45) is 1.59. The van der Waals surface area contributed by atoms with Gasteiger partial charge in [0.25, 0.3) is 5.91 Å². The molecule has 6 nitrogen and oxygen atoms in total. The van der Waals surface area contributed by atoms with Crippen LogP contribution in [0.5, 0.6) is 0 Å². The quantitative estimate of drug-likeness (QED) is 0.481. The van der Waals surface area contributed by atoms with Crippen LogP contribution in [0.4, 0.5) is 0 Å². The van der Waals surface area contributed by atoms with Gasteiger partial charge in [-0.25, -0.2) is 4.98 Å². The highest BCUT2D eigenvalue weighted by atomic mass is 16.5. The molecule has 1 atom stereocenters. The minimum Gasteiger partial charge on any atom is -0.469 e. The Labute approximate surface area is 173 Å². The molecule has 0 fully saturated rings. The Hall–Kier alpha value is -3.93. The molecule has 0 aliphatic heterocycles. The Morgan fingerprint density at radius 2 is 1.80 bits per heavy atom. The minimum absolute atomic E-state index is 0.0281. The van der Waals surface area contributed by atoms with E-state index in [1.165, 1.54) is 7.11 Å². The number of pyridine rings is 1. The van der Waals surface area contributed by atoms with Crippen molar-refractivity contribution in [3.8, 4) is 11.5 Å². The number of nitrogens with zero attached hydrogens (tertiary/aromatic N) is 1. The molecule has 0 bridgehead atoms. The number of ether oxygens (including phenoxy) is 1. The molecule has 0 aliphatic rings. The van der Waals surface area contributed by atoms with Gasteiger partial charge >= 0.3 is 5.97 Å². The molecule has 0 aliphatic carbocycles. The molecule has 2 heterocycles. The van der Waals surface area contributed by atoms with Crippen LogP contribution < -0.4 is 5.32 Å². The fourth-order valence-corrected chi connectivity index (χ4v) is 3.34. The number of methoxy groups -OCH3 is 1. The van der Waals surface area contributed by atoms with Crippen molar-refractivity contribution in [1.29, 1.82) is 0 Å². The number of carbonyl (C=O) groups excluding carboxylic acids is 2. The van der Waals surface area contributed by atoms with Crippen LogP contribution in [0.15, 0.2) is 83.5 Å². The number of benzene rings is 2. The van der Waals surface area contributed by atoms with Gasteiger partial charge in [-0.2, -0.15) is 0 Å². The van der Waals surface area contributed by atoms with Crippen molar-refractivity contribution in [1.82, 2.24) is 10.3 Å². The standard InChI is InChI=1S/C24H20N2O4/c1-29-23(27)15-20(16-8-3-2-4-9-16)26-24(28)18-14-21(22-12-7-13-30-22)25-19-11-6-5-10-17(18)19/h2-14,20H,15H2,1H3,(H,26,28). The van der Waals surface area contributed by atoms with E-state index in [2.05, 4.69) is 10.3 Å². The molecule has 2 aromatic carbocycles. The Morgan fingerprint density at radius 3 is 2.53 bits per heavy atom. The minimum atomic E-state index is -0.523. The lowest BCUT2D eigenvalue weighted by Gasteiger charge is -2.19. The Bertz CT molecular complexity index is 1170. The van der Waals surface area contributed by atoms with Crippen LogP contribution in [-0.2, 0) is 9.53 Å². The van der Waals surface area contributed by atoms with Crippen LogP contribution >= 0.6 is 0 Å². The number of nitrogens with one attached hydrogen (secondary N) is 1. The van der Waals surface area contributed by atoms with E-state index < -0.39 is 12.0 Å². The molecule has 0 saturated heterocycles. The number of aromatic nitrogens is 1. The predicted octanol–water partition coefficient (Wildman–Crippen LogP) is 4.53. The zero-order valence-electron chi connectivity index (χ0n) is 16.4. The van der Waals surface area contributed by atoms with E-state index in [1.54, 1.807) is 24.5 Å². The number of fused-ring (bicyclic) bond motifs is 1. The summed E-state index contributed by atoms with van der Waals surface area (Å²) in [5.41, 5.74) is 2.52. The summed E-state index contributed by atoms with van der Waals surface area (Å²) >= 11 is 0. The van der Waals surface area contributed by atoms with E-state index in [0.717, 1.165) is 10.9 Å². The molecule has 4 aromatic rings. The average molecular weight is 400 g/mol. The molecule has 6 heteroatoms.